The molecule has 0 aliphatic carbocycles. The lowest BCUT2D eigenvalue weighted by Crippen LogP contribution is -2.31. The van der Waals surface area contributed by atoms with E-state index in [4.69, 9.17) is 0 Å². The first kappa shape index (κ1) is 14.2. The van der Waals surface area contributed by atoms with Gasteiger partial charge in [0.05, 0.1) is 5.52 Å². The maximum Gasteiger partial charge on any atom is 0.267 e. The van der Waals surface area contributed by atoms with Crippen molar-refractivity contribution < 1.29 is 9.90 Å². The maximum atomic E-state index is 12.0. The fourth-order valence-electron chi connectivity index (χ4n) is 2.49. The lowest BCUT2D eigenvalue weighted by atomic mass is 9.98. The smallest absolute Gasteiger partial charge is 0.267 e. The van der Waals surface area contributed by atoms with Crippen molar-refractivity contribution in [3.8, 4) is 5.88 Å². The molecule has 3 rings (SSSR count). The van der Waals surface area contributed by atoms with Gasteiger partial charge < -0.3 is 15.4 Å². The van der Waals surface area contributed by atoms with E-state index in [0.717, 1.165) is 41.3 Å². The Balaban J connectivity index is 1.86. The fourth-order valence-corrected chi connectivity index (χ4v) is 2.85. The number of nitrogens with one attached hydrogen (secondary N) is 2. The summed E-state index contributed by atoms with van der Waals surface area (Å²) in [6.45, 7) is 1.66. The molecule has 0 spiro atoms. The quantitative estimate of drug-likeness (QED) is 0.726. The summed E-state index contributed by atoms with van der Waals surface area (Å²) in [7, 11) is 0. The van der Waals surface area contributed by atoms with Gasteiger partial charge in [-0.05, 0) is 44.1 Å². The summed E-state index contributed by atoms with van der Waals surface area (Å²) < 4.78 is 0.870. The molecule has 21 heavy (non-hydrogen) atoms. The zero-order chi connectivity index (χ0) is 14.8. The molecule has 0 saturated carbocycles. The molecule has 2 heterocycles. The minimum absolute atomic E-state index is 0.0749. The van der Waals surface area contributed by atoms with E-state index in [9.17, 15) is 9.90 Å². The van der Waals surface area contributed by atoms with Gasteiger partial charge in [-0.3, -0.25) is 4.79 Å². The summed E-state index contributed by atoms with van der Waals surface area (Å²) in [5, 5.41) is 21.6. The number of azo groups is 1. The Labute approximate surface area is 129 Å². The van der Waals surface area contributed by atoms with Gasteiger partial charge in [-0.25, -0.2) is 0 Å². The SMILES string of the molecule is O=C(N=Nc1c(O)[nH]c2ccc(Br)cc12)C1CCNCC1. The Morgan fingerprint density at radius 3 is 2.86 bits per heavy atom. The second kappa shape index (κ2) is 5.95. The average molecular weight is 351 g/mol. The highest BCUT2D eigenvalue weighted by atomic mass is 79.9. The predicted octanol–water partition coefficient (Wildman–Crippen LogP) is 3.25. The van der Waals surface area contributed by atoms with E-state index in [2.05, 4.69) is 36.5 Å². The van der Waals surface area contributed by atoms with Crippen LogP contribution in [0.2, 0.25) is 0 Å². The molecule has 1 fully saturated rings. The van der Waals surface area contributed by atoms with E-state index in [0.29, 0.717) is 5.69 Å². The maximum absolute atomic E-state index is 12.0. The molecule has 6 nitrogen and oxygen atoms in total. The summed E-state index contributed by atoms with van der Waals surface area (Å²) in [6.07, 6.45) is 1.56. The van der Waals surface area contributed by atoms with Gasteiger partial charge >= 0.3 is 0 Å². The number of benzene rings is 1. The number of aromatic amines is 1. The molecule has 0 radical (unpaired) electrons. The topological polar surface area (TPSA) is 89.8 Å². The molecule has 1 aromatic carbocycles. The third kappa shape index (κ3) is 2.98. The van der Waals surface area contributed by atoms with Crippen molar-refractivity contribution >= 4 is 38.4 Å². The Morgan fingerprint density at radius 1 is 1.33 bits per heavy atom. The van der Waals surface area contributed by atoms with Crippen LogP contribution in [0.15, 0.2) is 32.9 Å². The van der Waals surface area contributed by atoms with Gasteiger partial charge in [0, 0.05) is 15.8 Å². The fraction of sp³-hybridized carbons (Fsp3) is 0.357. The van der Waals surface area contributed by atoms with Crippen molar-refractivity contribution in [1.82, 2.24) is 10.3 Å². The van der Waals surface area contributed by atoms with E-state index in [1.54, 1.807) is 0 Å². The number of hydrogen-bond donors (Lipinski definition) is 3. The van der Waals surface area contributed by atoms with Gasteiger partial charge in [-0.15, -0.1) is 10.2 Å². The van der Waals surface area contributed by atoms with Crippen LogP contribution in [-0.4, -0.2) is 29.1 Å². The molecule has 7 heteroatoms. The number of aromatic nitrogens is 1. The van der Waals surface area contributed by atoms with E-state index >= 15 is 0 Å². The van der Waals surface area contributed by atoms with Crippen LogP contribution in [0.1, 0.15) is 12.8 Å². The van der Waals surface area contributed by atoms with E-state index in [1.165, 1.54) is 0 Å². The Bertz CT molecular complexity index is 704. The van der Waals surface area contributed by atoms with Crippen LogP contribution in [-0.2, 0) is 4.79 Å². The third-order valence-corrected chi connectivity index (χ3v) is 4.14. The molecule has 110 valence electrons. The largest absolute Gasteiger partial charge is 0.493 e. The number of fused-ring (bicyclic) bond motifs is 1. The molecule has 0 unspecified atom stereocenters. The summed E-state index contributed by atoms with van der Waals surface area (Å²) >= 11 is 3.38. The van der Waals surface area contributed by atoms with Crippen molar-refractivity contribution in [2.24, 2.45) is 16.1 Å². The van der Waals surface area contributed by atoms with Gasteiger partial charge in [0.25, 0.3) is 5.91 Å². The number of H-pyrrole nitrogens is 1. The zero-order valence-corrected chi connectivity index (χ0v) is 12.9. The van der Waals surface area contributed by atoms with Gasteiger partial charge in [0.1, 0.15) is 0 Å². The zero-order valence-electron chi connectivity index (χ0n) is 11.3. The Morgan fingerprint density at radius 2 is 2.10 bits per heavy atom. The van der Waals surface area contributed by atoms with E-state index in [1.807, 2.05) is 18.2 Å². The highest BCUT2D eigenvalue weighted by Crippen LogP contribution is 2.37. The molecule has 1 aliphatic rings. The number of carbonyl (C=O) groups excluding carboxylic acids is 1. The summed E-state index contributed by atoms with van der Waals surface area (Å²) in [5.41, 5.74) is 1.05. The molecule has 1 aromatic heterocycles. The lowest BCUT2D eigenvalue weighted by molar-refractivity contribution is -0.122. The molecular formula is C14H15BrN4O2. The number of nitrogens with zero attached hydrogens (tertiary/aromatic N) is 2. The second-order valence-electron chi connectivity index (χ2n) is 5.07. The van der Waals surface area contributed by atoms with Gasteiger partial charge in [0.2, 0.25) is 5.88 Å². The number of piperidine rings is 1. The average Bonchev–Trinajstić information content (AvgIpc) is 2.80. The van der Waals surface area contributed by atoms with Gasteiger partial charge in [0.15, 0.2) is 5.69 Å². The molecular weight excluding hydrogens is 336 g/mol. The first-order valence-electron chi connectivity index (χ1n) is 6.81. The molecule has 1 saturated heterocycles. The Kier molecular flexibility index (Phi) is 4.03. The monoisotopic (exact) mass is 350 g/mol. The number of halogens is 1. The molecule has 3 N–H and O–H groups in total. The molecule has 2 aromatic rings. The van der Waals surface area contributed by atoms with Crippen molar-refractivity contribution in [2.45, 2.75) is 12.8 Å². The van der Waals surface area contributed by atoms with Crippen molar-refractivity contribution in [3.05, 3.63) is 22.7 Å². The number of rotatable bonds is 2. The van der Waals surface area contributed by atoms with Crippen LogP contribution in [0, 0.1) is 5.92 Å². The first-order chi connectivity index (χ1) is 10.1. The predicted molar refractivity (Wildman–Crippen MR) is 82.8 cm³/mol. The highest BCUT2D eigenvalue weighted by Gasteiger charge is 2.21. The van der Waals surface area contributed by atoms with Crippen LogP contribution in [0.4, 0.5) is 5.69 Å². The van der Waals surface area contributed by atoms with Crippen LogP contribution < -0.4 is 5.32 Å². The number of carbonyl (C=O) groups is 1. The molecule has 0 bridgehead atoms. The van der Waals surface area contributed by atoms with Crippen molar-refractivity contribution in [1.29, 1.82) is 0 Å². The lowest BCUT2D eigenvalue weighted by Gasteiger charge is -2.18. The minimum Gasteiger partial charge on any atom is -0.493 e. The number of aromatic hydroxyl groups is 1. The normalized spacial score (nSPS) is 16.8. The summed E-state index contributed by atoms with van der Waals surface area (Å²) in [6, 6.07) is 5.51. The van der Waals surface area contributed by atoms with Crippen LogP contribution in [0.25, 0.3) is 10.9 Å². The molecule has 1 amide bonds. The van der Waals surface area contributed by atoms with Crippen LogP contribution >= 0.6 is 15.9 Å². The molecule has 1 aliphatic heterocycles. The third-order valence-electron chi connectivity index (χ3n) is 3.65. The Hall–Kier alpha value is -1.73. The first-order valence-corrected chi connectivity index (χ1v) is 7.61. The van der Waals surface area contributed by atoms with Crippen molar-refractivity contribution in [3.63, 3.8) is 0 Å². The highest BCUT2D eigenvalue weighted by molar-refractivity contribution is 9.10. The van der Waals surface area contributed by atoms with Crippen LogP contribution in [0.3, 0.4) is 0 Å². The van der Waals surface area contributed by atoms with Gasteiger partial charge in [-0.1, -0.05) is 15.9 Å². The number of hydrogen-bond acceptors (Lipinski definition) is 4. The minimum atomic E-state index is -0.222. The van der Waals surface area contributed by atoms with E-state index in [-0.39, 0.29) is 17.7 Å². The summed E-state index contributed by atoms with van der Waals surface area (Å²) in [4.78, 5) is 14.8. The van der Waals surface area contributed by atoms with Crippen molar-refractivity contribution in [2.75, 3.05) is 13.1 Å². The van der Waals surface area contributed by atoms with Crippen LogP contribution in [0.5, 0.6) is 5.88 Å². The van der Waals surface area contributed by atoms with E-state index < -0.39 is 0 Å². The standard InChI is InChI=1S/C14H15BrN4O2/c15-9-1-2-11-10(7-9)12(14(21)17-11)18-19-13(20)8-3-5-16-6-4-8/h1-2,7-8,16-17,21H,3-6H2. The summed E-state index contributed by atoms with van der Waals surface area (Å²) in [5.74, 6) is -0.376. The van der Waals surface area contributed by atoms with Gasteiger partial charge in [-0.2, -0.15) is 0 Å². The molecule has 0 atom stereocenters. The number of amides is 1. The second-order valence-corrected chi connectivity index (χ2v) is 5.99.